The third kappa shape index (κ3) is 5.27. The molecular weight excluding hydrogens is 443 g/mol. The van der Waals surface area contributed by atoms with Crippen LogP contribution in [0, 0.1) is 11.7 Å². The topological polar surface area (TPSA) is 81.2 Å². The number of benzene rings is 2. The van der Waals surface area contributed by atoms with Crippen LogP contribution in [-0.4, -0.2) is 51.3 Å². The predicted molar refractivity (Wildman–Crippen MR) is 126 cm³/mol. The number of hydrogen-bond acceptors (Lipinski definition) is 4. The number of carbonyl (C=O) groups excluding carboxylic acids is 1. The second-order valence-corrected chi connectivity index (χ2v) is 9.38. The van der Waals surface area contributed by atoms with Gasteiger partial charge in [-0.05, 0) is 41.3 Å². The van der Waals surface area contributed by atoms with Crippen molar-refractivity contribution in [3.8, 4) is 11.3 Å². The molecule has 1 aromatic heterocycles. The Balaban J connectivity index is 1.61. The molecule has 3 N–H and O–H groups in total. The van der Waals surface area contributed by atoms with Gasteiger partial charge in [0.05, 0.1) is 18.0 Å². The molecule has 0 spiro atoms. The zero-order valence-electron chi connectivity index (χ0n) is 18.6. The summed E-state index contributed by atoms with van der Waals surface area (Å²) in [6.07, 6.45) is 0.818. The van der Waals surface area contributed by atoms with Crippen LogP contribution in [0.3, 0.4) is 0 Å². The lowest BCUT2D eigenvalue weighted by Gasteiger charge is -2.25. The Labute approximate surface area is 197 Å². The molecule has 3 aromatic rings. The molecule has 2 aromatic carbocycles. The number of nitrogens with one attached hydrogen (secondary N) is 2. The molecule has 1 aliphatic heterocycles. The van der Waals surface area contributed by atoms with Crippen molar-refractivity contribution in [3.05, 3.63) is 76.7 Å². The second-order valence-electron chi connectivity index (χ2n) is 8.94. The number of aliphatic hydroxyl groups is 1. The molecule has 1 fully saturated rings. The highest BCUT2D eigenvalue weighted by molar-refractivity contribution is 6.30. The summed E-state index contributed by atoms with van der Waals surface area (Å²) < 4.78 is 13.5. The van der Waals surface area contributed by atoms with E-state index in [9.17, 15) is 14.3 Å². The maximum Gasteiger partial charge on any atom is 0.240 e. The second kappa shape index (κ2) is 10.0. The maximum absolute atomic E-state index is 13.5. The molecule has 1 aliphatic rings. The number of carbonyl (C=O) groups is 1. The fourth-order valence-electron chi connectivity index (χ4n) is 4.33. The van der Waals surface area contributed by atoms with Gasteiger partial charge < -0.3 is 10.4 Å². The van der Waals surface area contributed by atoms with Crippen molar-refractivity contribution in [2.24, 2.45) is 5.92 Å². The van der Waals surface area contributed by atoms with Crippen molar-refractivity contribution in [1.82, 2.24) is 20.4 Å². The Morgan fingerprint density at radius 1 is 1.24 bits per heavy atom. The molecular formula is C25H28ClFN4O2. The lowest BCUT2D eigenvalue weighted by molar-refractivity contribution is -0.128. The van der Waals surface area contributed by atoms with Crippen LogP contribution in [0.1, 0.15) is 30.9 Å². The van der Waals surface area contributed by atoms with Gasteiger partial charge in [0.2, 0.25) is 5.91 Å². The van der Waals surface area contributed by atoms with E-state index in [2.05, 4.69) is 15.5 Å². The summed E-state index contributed by atoms with van der Waals surface area (Å²) in [6, 6.07) is 12.8. The highest BCUT2D eigenvalue weighted by atomic mass is 35.5. The van der Waals surface area contributed by atoms with Gasteiger partial charge in [-0.25, -0.2) is 4.39 Å². The molecule has 0 saturated carbocycles. The van der Waals surface area contributed by atoms with Gasteiger partial charge in [-0.1, -0.05) is 49.7 Å². The van der Waals surface area contributed by atoms with Crippen LogP contribution in [-0.2, 0) is 11.3 Å². The Kier molecular flexibility index (Phi) is 7.12. The van der Waals surface area contributed by atoms with Crippen molar-refractivity contribution in [2.75, 3.05) is 13.1 Å². The number of aromatic nitrogens is 2. The summed E-state index contributed by atoms with van der Waals surface area (Å²) >= 11 is 6.03. The molecule has 4 rings (SSSR count). The molecule has 3 atom stereocenters. The van der Waals surface area contributed by atoms with Gasteiger partial charge in [-0.15, -0.1) is 0 Å². The van der Waals surface area contributed by atoms with Crippen LogP contribution in [0.5, 0.6) is 0 Å². The highest BCUT2D eigenvalue weighted by Crippen LogP contribution is 2.35. The van der Waals surface area contributed by atoms with Gasteiger partial charge >= 0.3 is 0 Å². The molecule has 1 saturated heterocycles. The molecule has 2 heterocycles. The standard InChI is InChI=1S/C25H28ClFN4O2/c1-15(2)11-28-25(33)23-24(32)21(16-5-9-20(27)10-6-16)14-31(23)13-18-12-29-30-22(18)17-3-7-19(26)8-4-17/h3-10,12,15,21,23-24,32H,11,13-14H2,1-2H3,(H,28,33)(H,29,30)/t21-,23+,24-/m1/s1. The molecule has 0 unspecified atom stereocenters. The van der Waals surface area contributed by atoms with Crippen molar-refractivity contribution in [3.63, 3.8) is 0 Å². The van der Waals surface area contributed by atoms with Crippen LogP contribution >= 0.6 is 11.6 Å². The summed E-state index contributed by atoms with van der Waals surface area (Å²) in [5.74, 6) is -0.567. The number of amides is 1. The molecule has 0 aliphatic carbocycles. The Hall–Kier alpha value is -2.74. The Morgan fingerprint density at radius 3 is 2.61 bits per heavy atom. The number of hydrogen-bond donors (Lipinski definition) is 3. The van der Waals surface area contributed by atoms with E-state index in [1.54, 1.807) is 18.3 Å². The van der Waals surface area contributed by atoms with Gasteiger partial charge in [0.25, 0.3) is 0 Å². The van der Waals surface area contributed by atoms with Gasteiger partial charge in [0.1, 0.15) is 11.9 Å². The van der Waals surface area contributed by atoms with E-state index in [1.165, 1.54) is 12.1 Å². The number of halogens is 2. The molecule has 6 nitrogen and oxygen atoms in total. The van der Waals surface area contributed by atoms with Crippen molar-refractivity contribution in [2.45, 2.75) is 38.5 Å². The average molecular weight is 471 g/mol. The summed E-state index contributed by atoms with van der Waals surface area (Å²) in [5, 5.41) is 22.0. The quantitative estimate of drug-likeness (QED) is 0.488. The summed E-state index contributed by atoms with van der Waals surface area (Å²) in [5.41, 5.74) is 3.49. The zero-order chi connectivity index (χ0) is 23.5. The number of aromatic amines is 1. The van der Waals surface area contributed by atoms with E-state index in [0.29, 0.717) is 30.6 Å². The first-order valence-electron chi connectivity index (χ1n) is 11.1. The summed E-state index contributed by atoms with van der Waals surface area (Å²) in [4.78, 5) is 15.1. The highest BCUT2D eigenvalue weighted by Gasteiger charge is 2.45. The number of H-pyrrole nitrogens is 1. The van der Waals surface area contributed by atoms with E-state index < -0.39 is 12.1 Å². The number of aliphatic hydroxyl groups excluding tert-OH is 1. The van der Waals surface area contributed by atoms with Crippen LogP contribution in [0.4, 0.5) is 4.39 Å². The van der Waals surface area contributed by atoms with Gasteiger partial charge in [-0.3, -0.25) is 14.8 Å². The monoisotopic (exact) mass is 470 g/mol. The van der Waals surface area contributed by atoms with E-state index >= 15 is 0 Å². The fourth-order valence-corrected chi connectivity index (χ4v) is 4.46. The van der Waals surface area contributed by atoms with E-state index in [1.807, 2.05) is 43.0 Å². The molecule has 8 heteroatoms. The first-order chi connectivity index (χ1) is 15.8. The molecule has 0 bridgehead atoms. The van der Waals surface area contributed by atoms with Crippen LogP contribution in [0.2, 0.25) is 5.02 Å². The van der Waals surface area contributed by atoms with E-state index in [-0.39, 0.29) is 17.6 Å². The minimum atomic E-state index is -0.923. The smallest absolute Gasteiger partial charge is 0.240 e. The van der Waals surface area contributed by atoms with Crippen molar-refractivity contribution >= 4 is 17.5 Å². The lowest BCUT2D eigenvalue weighted by Crippen LogP contribution is -2.48. The number of rotatable bonds is 7. The summed E-state index contributed by atoms with van der Waals surface area (Å²) in [6.45, 7) is 5.45. The first kappa shape index (κ1) is 23.4. The van der Waals surface area contributed by atoms with Gasteiger partial charge in [0.15, 0.2) is 0 Å². The number of nitrogens with zero attached hydrogens (tertiary/aromatic N) is 2. The molecule has 174 valence electrons. The summed E-state index contributed by atoms with van der Waals surface area (Å²) in [7, 11) is 0. The lowest BCUT2D eigenvalue weighted by atomic mass is 9.93. The average Bonchev–Trinajstić information content (AvgIpc) is 3.38. The maximum atomic E-state index is 13.5. The Bertz CT molecular complexity index is 1080. The van der Waals surface area contributed by atoms with Gasteiger partial charge in [-0.2, -0.15) is 5.10 Å². The normalized spacial score (nSPS) is 21.0. The predicted octanol–water partition coefficient (Wildman–Crippen LogP) is 3.97. The van der Waals surface area contributed by atoms with E-state index in [0.717, 1.165) is 22.4 Å². The fraction of sp³-hybridized carbons (Fsp3) is 0.360. The third-order valence-electron chi connectivity index (χ3n) is 6.04. The van der Waals surface area contributed by atoms with Crippen LogP contribution in [0.15, 0.2) is 54.7 Å². The van der Waals surface area contributed by atoms with Gasteiger partial charge in [0, 0.05) is 36.1 Å². The molecule has 0 radical (unpaired) electrons. The SMILES string of the molecule is CC(C)CNC(=O)[C@@H]1[C@H](O)[C@@H](c2ccc(F)cc2)CN1Cc1cn[nH]c1-c1ccc(Cl)cc1. The van der Waals surface area contributed by atoms with Crippen molar-refractivity contribution in [1.29, 1.82) is 0 Å². The van der Waals surface area contributed by atoms with Crippen LogP contribution < -0.4 is 5.32 Å². The Morgan fingerprint density at radius 2 is 1.94 bits per heavy atom. The van der Waals surface area contributed by atoms with Crippen LogP contribution in [0.25, 0.3) is 11.3 Å². The van der Waals surface area contributed by atoms with Crippen molar-refractivity contribution < 1.29 is 14.3 Å². The minimum absolute atomic E-state index is 0.211. The first-order valence-corrected chi connectivity index (χ1v) is 11.4. The van der Waals surface area contributed by atoms with E-state index in [4.69, 9.17) is 11.6 Å². The zero-order valence-corrected chi connectivity index (χ0v) is 19.4. The molecule has 33 heavy (non-hydrogen) atoms. The molecule has 1 amide bonds. The minimum Gasteiger partial charge on any atom is -0.390 e. The third-order valence-corrected chi connectivity index (χ3v) is 6.29. The number of likely N-dealkylation sites (tertiary alicyclic amines) is 1. The largest absolute Gasteiger partial charge is 0.390 e.